The standard InChI is InChI=1S/C22H21ClF3N3O/c1-21(2)8-6-13(29-12-28-17-11-27-9-7-18(17)29)10-16(21)20(30)14-4-3-5-15(19(14)23)22(24,25)26/h3-6,10,12,27H,7-9,11H2,1-2H3. The SMILES string of the molecule is CC1(C)CC=C(n2cnc3c2CCNC3)C=C1C(=O)c1cccc(C(F)(F)F)c1Cl. The molecule has 1 aromatic heterocycles. The summed E-state index contributed by atoms with van der Waals surface area (Å²) in [5, 5.41) is 2.71. The Morgan fingerprint density at radius 1 is 1.30 bits per heavy atom. The monoisotopic (exact) mass is 435 g/mol. The molecule has 4 nitrogen and oxygen atoms in total. The Bertz CT molecular complexity index is 1080. The van der Waals surface area contributed by atoms with Crippen molar-refractivity contribution in [3.8, 4) is 0 Å². The van der Waals surface area contributed by atoms with Crippen molar-refractivity contribution >= 4 is 23.1 Å². The molecule has 0 atom stereocenters. The van der Waals surface area contributed by atoms with Crippen molar-refractivity contribution in [2.24, 2.45) is 5.41 Å². The Balaban J connectivity index is 1.76. The lowest BCUT2D eigenvalue weighted by Gasteiger charge is -2.31. The summed E-state index contributed by atoms with van der Waals surface area (Å²) in [6, 6.07) is 3.45. The highest BCUT2D eigenvalue weighted by atomic mass is 35.5. The number of nitrogens with one attached hydrogen (secondary N) is 1. The van der Waals surface area contributed by atoms with Gasteiger partial charge in [-0.2, -0.15) is 13.2 Å². The van der Waals surface area contributed by atoms with E-state index in [-0.39, 0.29) is 5.56 Å². The minimum atomic E-state index is -4.63. The molecule has 1 aromatic carbocycles. The van der Waals surface area contributed by atoms with Gasteiger partial charge in [0.15, 0.2) is 5.78 Å². The van der Waals surface area contributed by atoms with Gasteiger partial charge in [-0.3, -0.25) is 4.79 Å². The normalized spacial score (nSPS) is 18.5. The van der Waals surface area contributed by atoms with Crippen LogP contribution in [0.2, 0.25) is 5.02 Å². The lowest BCUT2D eigenvalue weighted by atomic mass is 9.74. The molecule has 1 aliphatic heterocycles. The number of alkyl halides is 3. The number of hydrogen-bond donors (Lipinski definition) is 1. The number of benzene rings is 1. The van der Waals surface area contributed by atoms with Crippen molar-refractivity contribution in [3.63, 3.8) is 0 Å². The van der Waals surface area contributed by atoms with Gasteiger partial charge in [0.25, 0.3) is 0 Å². The quantitative estimate of drug-likeness (QED) is 0.667. The Morgan fingerprint density at radius 3 is 2.80 bits per heavy atom. The zero-order valence-corrected chi connectivity index (χ0v) is 17.4. The molecule has 0 fully saturated rings. The predicted molar refractivity (Wildman–Crippen MR) is 109 cm³/mol. The van der Waals surface area contributed by atoms with Gasteiger partial charge in [0.1, 0.15) is 0 Å². The number of fused-ring (bicyclic) bond motifs is 1. The van der Waals surface area contributed by atoms with Crippen LogP contribution >= 0.6 is 11.6 Å². The molecule has 30 heavy (non-hydrogen) atoms. The maximum Gasteiger partial charge on any atom is 0.417 e. The predicted octanol–water partition coefficient (Wildman–Crippen LogP) is 5.28. The summed E-state index contributed by atoms with van der Waals surface area (Å²) >= 11 is 6.03. The lowest BCUT2D eigenvalue weighted by molar-refractivity contribution is -0.137. The van der Waals surface area contributed by atoms with E-state index in [9.17, 15) is 18.0 Å². The Morgan fingerprint density at radius 2 is 2.07 bits per heavy atom. The summed E-state index contributed by atoms with van der Waals surface area (Å²) < 4.78 is 41.7. The van der Waals surface area contributed by atoms with E-state index >= 15 is 0 Å². The van der Waals surface area contributed by atoms with Gasteiger partial charge >= 0.3 is 6.18 Å². The van der Waals surface area contributed by atoms with Gasteiger partial charge in [-0.05, 0) is 30.0 Å². The summed E-state index contributed by atoms with van der Waals surface area (Å²) in [5.74, 6) is -0.489. The summed E-state index contributed by atoms with van der Waals surface area (Å²) in [6.45, 7) is 5.33. The second kappa shape index (κ2) is 7.39. The van der Waals surface area contributed by atoms with Gasteiger partial charge in [-0.1, -0.05) is 37.6 Å². The van der Waals surface area contributed by atoms with E-state index < -0.39 is 28.0 Å². The van der Waals surface area contributed by atoms with Crippen LogP contribution in [-0.2, 0) is 19.1 Å². The molecule has 2 aliphatic rings. The summed E-state index contributed by atoms with van der Waals surface area (Å²) in [7, 11) is 0. The second-order valence-electron chi connectivity index (χ2n) is 8.20. The Kier molecular flexibility index (Phi) is 5.14. The fourth-order valence-corrected chi connectivity index (χ4v) is 4.26. The van der Waals surface area contributed by atoms with Crippen molar-refractivity contribution in [2.75, 3.05) is 6.54 Å². The van der Waals surface area contributed by atoms with Gasteiger partial charge in [0, 0.05) is 42.0 Å². The molecule has 4 rings (SSSR count). The molecule has 0 saturated carbocycles. The van der Waals surface area contributed by atoms with E-state index in [1.807, 2.05) is 24.5 Å². The van der Waals surface area contributed by atoms with Crippen molar-refractivity contribution in [2.45, 2.75) is 39.4 Å². The first-order valence-electron chi connectivity index (χ1n) is 9.68. The number of halogens is 4. The van der Waals surface area contributed by atoms with Crippen molar-refractivity contribution in [1.82, 2.24) is 14.9 Å². The van der Waals surface area contributed by atoms with Crippen molar-refractivity contribution < 1.29 is 18.0 Å². The number of rotatable bonds is 3. The average Bonchev–Trinajstić information content (AvgIpc) is 3.11. The van der Waals surface area contributed by atoms with Gasteiger partial charge in [0.2, 0.25) is 0 Å². The van der Waals surface area contributed by atoms with Crippen LogP contribution in [0.5, 0.6) is 0 Å². The minimum Gasteiger partial charge on any atom is -0.311 e. The van der Waals surface area contributed by atoms with E-state index in [1.165, 1.54) is 12.1 Å². The van der Waals surface area contributed by atoms with Crippen LogP contribution in [0.25, 0.3) is 5.70 Å². The van der Waals surface area contributed by atoms with E-state index in [0.29, 0.717) is 18.5 Å². The lowest BCUT2D eigenvalue weighted by Crippen LogP contribution is -2.27. The van der Waals surface area contributed by atoms with Gasteiger partial charge in [0.05, 0.1) is 22.6 Å². The topological polar surface area (TPSA) is 46.9 Å². The average molecular weight is 436 g/mol. The highest BCUT2D eigenvalue weighted by Crippen LogP contribution is 2.42. The second-order valence-corrected chi connectivity index (χ2v) is 8.58. The molecule has 0 amide bonds. The van der Waals surface area contributed by atoms with Gasteiger partial charge in [-0.25, -0.2) is 4.98 Å². The zero-order valence-electron chi connectivity index (χ0n) is 16.6. The number of aromatic nitrogens is 2. The fourth-order valence-electron chi connectivity index (χ4n) is 3.94. The molecular formula is C22H21ClF3N3O. The smallest absolute Gasteiger partial charge is 0.311 e. The third-order valence-corrected chi connectivity index (χ3v) is 6.11. The maximum atomic E-state index is 13.3. The number of hydrogen-bond acceptors (Lipinski definition) is 3. The summed E-state index contributed by atoms with van der Waals surface area (Å²) in [4.78, 5) is 17.8. The minimum absolute atomic E-state index is 0.135. The molecule has 1 N–H and O–H groups in total. The first kappa shape index (κ1) is 20.9. The van der Waals surface area contributed by atoms with Crippen LogP contribution in [0.1, 0.15) is 47.6 Å². The number of carbonyl (C=O) groups excluding carboxylic acids is 1. The molecule has 0 unspecified atom stereocenters. The molecular weight excluding hydrogens is 415 g/mol. The van der Waals surface area contributed by atoms with E-state index in [1.54, 1.807) is 12.4 Å². The molecule has 0 radical (unpaired) electrons. The number of carbonyl (C=O) groups is 1. The van der Waals surface area contributed by atoms with Crippen molar-refractivity contribution in [3.05, 3.63) is 69.8 Å². The van der Waals surface area contributed by atoms with Crippen LogP contribution in [0.15, 0.2) is 42.3 Å². The van der Waals surface area contributed by atoms with Crippen molar-refractivity contribution in [1.29, 1.82) is 0 Å². The van der Waals surface area contributed by atoms with Gasteiger partial charge in [-0.15, -0.1) is 0 Å². The summed E-state index contributed by atoms with van der Waals surface area (Å²) in [6.07, 6.45) is 2.28. The molecule has 0 spiro atoms. The number of Topliss-reactive ketones (excluding diaryl/α,β-unsaturated/α-hetero) is 1. The highest BCUT2D eigenvalue weighted by Gasteiger charge is 2.37. The molecule has 0 saturated heterocycles. The Hall–Kier alpha value is -2.38. The zero-order chi connectivity index (χ0) is 21.7. The number of ketones is 1. The molecule has 8 heteroatoms. The third-order valence-electron chi connectivity index (χ3n) is 5.70. The highest BCUT2D eigenvalue weighted by molar-refractivity contribution is 6.36. The number of imidazole rings is 1. The number of nitrogens with zero attached hydrogens (tertiary/aromatic N) is 2. The third kappa shape index (κ3) is 3.61. The van der Waals surface area contributed by atoms with E-state index in [0.717, 1.165) is 36.1 Å². The Labute approximate surface area is 177 Å². The van der Waals surface area contributed by atoms with Crippen LogP contribution in [-0.4, -0.2) is 21.9 Å². The number of allylic oxidation sites excluding steroid dienone is 4. The largest absolute Gasteiger partial charge is 0.417 e. The molecule has 1 aliphatic carbocycles. The first-order chi connectivity index (χ1) is 14.1. The maximum absolute atomic E-state index is 13.3. The van der Waals surface area contributed by atoms with E-state index in [2.05, 4.69) is 10.3 Å². The van der Waals surface area contributed by atoms with Crippen LogP contribution in [0.3, 0.4) is 0 Å². The molecule has 158 valence electrons. The van der Waals surface area contributed by atoms with Gasteiger partial charge < -0.3 is 9.88 Å². The van der Waals surface area contributed by atoms with Crippen LogP contribution < -0.4 is 5.32 Å². The van der Waals surface area contributed by atoms with Crippen LogP contribution in [0, 0.1) is 5.41 Å². The first-order valence-corrected chi connectivity index (χ1v) is 10.1. The molecule has 0 bridgehead atoms. The summed E-state index contributed by atoms with van der Waals surface area (Å²) in [5.41, 5.74) is 1.60. The van der Waals surface area contributed by atoms with E-state index in [4.69, 9.17) is 11.6 Å². The molecule has 2 aromatic rings. The van der Waals surface area contributed by atoms with Crippen LogP contribution in [0.4, 0.5) is 13.2 Å². The fraction of sp³-hybridized carbons (Fsp3) is 0.364. The molecule has 2 heterocycles.